The normalized spacial score (nSPS) is 18.0. The number of sulfone groups is 1. The van der Waals surface area contributed by atoms with Crippen LogP contribution < -0.4 is 14.8 Å². The van der Waals surface area contributed by atoms with Crippen LogP contribution in [0.3, 0.4) is 0 Å². The van der Waals surface area contributed by atoms with E-state index in [0.29, 0.717) is 28.0 Å². The summed E-state index contributed by atoms with van der Waals surface area (Å²) in [6, 6.07) is 10.4. The first-order chi connectivity index (χ1) is 14.6. The molecule has 1 aromatic heterocycles. The summed E-state index contributed by atoms with van der Waals surface area (Å²) in [5.41, 5.74) is 0.891. The van der Waals surface area contributed by atoms with Gasteiger partial charge >= 0.3 is 0 Å². The van der Waals surface area contributed by atoms with E-state index >= 15 is 0 Å². The van der Waals surface area contributed by atoms with Crippen molar-refractivity contribution in [3.05, 3.63) is 48.0 Å². The summed E-state index contributed by atoms with van der Waals surface area (Å²) >= 11 is 1.10. The number of thiazole rings is 1. The molecule has 3 aromatic rings. The smallest absolute Gasteiger partial charge is 0.263 e. The Hall–Kier alpha value is -2.70. The number of anilines is 1. The number of methoxy groups -OCH3 is 1. The number of nitrogens with one attached hydrogen (secondary N) is 2. The molecular formula is C19H19N3O6S3. The average molecular weight is 482 g/mol. The molecule has 2 aromatic carbocycles. The average Bonchev–Trinajstić information content (AvgIpc) is 3.28. The van der Waals surface area contributed by atoms with E-state index in [0.717, 1.165) is 11.3 Å². The quantitative estimate of drug-likeness (QED) is 0.551. The SMILES string of the molecule is COc1ccc(S(=O)(=O)Nc2nc3ccc(C(=O)N[C@@H]4CCS(=O)(=O)C4)cc3s2)cc1. The minimum absolute atomic E-state index is 0.0567. The van der Waals surface area contributed by atoms with Gasteiger partial charge < -0.3 is 10.1 Å². The first-order valence-corrected chi connectivity index (χ1v) is 13.4. The molecule has 0 bridgehead atoms. The zero-order valence-corrected chi connectivity index (χ0v) is 18.8. The minimum Gasteiger partial charge on any atom is -0.497 e. The van der Waals surface area contributed by atoms with Gasteiger partial charge in [0, 0.05) is 11.6 Å². The molecule has 1 amide bonds. The summed E-state index contributed by atoms with van der Waals surface area (Å²) in [6.07, 6.45) is 0.397. The summed E-state index contributed by atoms with van der Waals surface area (Å²) in [5.74, 6) is 0.181. The third-order valence-corrected chi connectivity index (χ3v) is 9.00. The fourth-order valence-corrected chi connectivity index (χ4v) is 7.03. The Morgan fingerprint density at radius 3 is 2.58 bits per heavy atom. The maximum atomic E-state index is 12.6. The highest BCUT2D eigenvalue weighted by Gasteiger charge is 2.29. The molecule has 9 nitrogen and oxygen atoms in total. The lowest BCUT2D eigenvalue weighted by Gasteiger charge is -2.10. The number of sulfonamides is 1. The Kier molecular flexibility index (Phi) is 5.62. The molecule has 0 radical (unpaired) electrons. The molecule has 2 N–H and O–H groups in total. The second-order valence-electron chi connectivity index (χ2n) is 7.06. The number of hydrogen-bond acceptors (Lipinski definition) is 8. The molecule has 0 unspecified atom stereocenters. The van der Waals surface area contributed by atoms with Gasteiger partial charge in [0.05, 0.1) is 33.7 Å². The number of carbonyl (C=O) groups is 1. The molecule has 31 heavy (non-hydrogen) atoms. The molecule has 2 heterocycles. The Morgan fingerprint density at radius 1 is 1.19 bits per heavy atom. The molecular weight excluding hydrogens is 462 g/mol. The van der Waals surface area contributed by atoms with Gasteiger partial charge in [0.15, 0.2) is 15.0 Å². The van der Waals surface area contributed by atoms with E-state index in [9.17, 15) is 21.6 Å². The van der Waals surface area contributed by atoms with E-state index < -0.39 is 25.9 Å². The summed E-state index contributed by atoms with van der Waals surface area (Å²) in [5, 5.41) is 2.91. The number of hydrogen-bond donors (Lipinski definition) is 2. The Labute approximate surface area is 183 Å². The Morgan fingerprint density at radius 2 is 1.94 bits per heavy atom. The predicted octanol–water partition coefficient (Wildman–Crippen LogP) is 2.02. The monoisotopic (exact) mass is 481 g/mol. The number of nitrogens with zero attached hydrogens (tertiary/aromatic N) is 1. The van der Waals surface area contributed by atoms with Crippen LogP contribution in [0.5, 0.6) is 5.75 Å². The van der Waals surface area contributed by atoms with E-state index in [1.165, 1.54) is 19.2 Å². The second kappa shape index (κ2) is 8.09. The first kappa shape index (κ1) is 21.5. The summed E-state index contributed by atoms with van der Waals surface area (Å²) in [7, 11) is -5.43. The Balaban J connectivity index is 1.51. The molecule has 1 aliphatic heterocycles. The molecule has 1 aliphatic rings. The van der Waals surface area contributed by atoms with Crippen LogP contribution in [0.15, 0.2) is 47.4 Å². The molecule has 0 aliphatic carbocycles. The van der Waals surface area contributed by atoms with Gasteiger partial charge in [-0.3, -0.25) is 9.52 Å². The van der Waals surface area contributed by atoms with Crippen LogP contribution >= 0.6 is 11.3 Å². The molecule has 4 rings (SSSR count). The molecule has 1 atom stereocenters. The van der Waals surface area contributed by atoms with Gasteiger partial charge in [-0.05, 0) is 48.9 Å². The van der Waals surface area contributed by atoms with E-state index in [1.807, 2.05) is 0 Å². The number of benzene rings is 2. The lowest BCUT2D eigenvalue weighted by Crippen LogP contribution is -2.35. The van der Waals surface area contributed by atoms with Crippen molar-refractivity contribution in [1.29, 1.82) is 0 Å². The fraction of sp³-hybridized carbons (Fsp3) is 0.263. The molecule has 164 valence electrons. The molecule has 1 saturated heterocycles. The van der Waals surface area contributed by atoms with Gasteiger partial charge in [0.25, 0.3) is 15.9 Å². The highest BCUT2D eigenvalue weighted by molar-refractivity contribution is 7.93. The van der Waals surface area contributed by atoms with Gasteiger partial charge in [-0.15, -0.1) is 0 Å². The predicted molar refractivity (Wildman–Crippen MR) is 118 cm³/mol. The maximum absolute atomic E-state index is 12.6. The van der Waals surface area contributed by atoms with Crippen molar-refractivity contribution < 1.29 is 26.4 Å². The third kappa shape index (κ3) is 4.81. The van der Waals surface area contributed by atoms with E-state index in [4.69, 9.17) is 4.74 Å². The number of rotatable bonds is 6. The maximum Gasteiger partial charge on any atom is 0.263 e. The van der Waals surface area contributed by atoms with Gasteiger partial charge in [0.1, 0.15) is 5.75 Å². The van der Waals surface area contributed by atoms with Crippen molar-refractivity contribution in [2.75, 3.05) is 23.3 Å². The number of carbonyl (C=O) groups excluding carboxylic acids is 1. The lowest BCUT2D eigenvalue weighted by atomic mass is 10.2. The highest BCUT2D eigenvalue weighted by Crippen LogP contribution is 2.29. The third-order valence-electron chi connectivity index (χ3n) is 4.81. The van der Waals surface area contributed by atoms with Gasteiger partial charge in [-0.2, -0.15) is 0 Å². The molecule has 0 saturated carbocycles. The minimum atomic E-state index is -3.83. The Bertz CT molecular complexity index is 1350. The molecule has 12 heteroatoms. The van der Waals surface area contributed by atoms with Crippen LogP contribution in [0.25, 0.3) is 10.2 Å². The number of fused-ring (bicyclic) bond motifs is 1. The summed E-state index contributed by atoms with van der Waals surface area (Å²) in [4.78, 5) is 16.8. The van der Waals surface area contributed by atoms with Crippen molar-refractivity contribution in [1.82, 2.24) is 10.3 Å². The van der Waals surface area contributed by atoms with Gasteiger partial charge in [-0.1, -0.05) is 11.3 Å². The largest absolute Gasteiger partial charge is 0.497 e. The van der Waals surface area contributed by atoms with Crippen molar-refractivity contribution >= 4 is 52.5 Å². The lowest BCUT2D eigenvalue weighted by molar-refractivity contribution is 0.0941. The van der Waals surface area contributed by atoms with Crippen molar-refractivity contribution in [2.24, 2.45) is 0 Å². The standard InChI is InChI=1S/C19H19N3O6S3/c1-28-14-3-5-15(6-4-14)31(26,27)22-19-21-16-7-2-12(10-17(16)29-19)18(23)20-13-8-9-30(24,25)11-13/h2-7,10,13H,8-9,11H2,1H3,(H,20,23)(H,21,22)/t13-/m1/s1. The molecule has 1 fully saturated rings. The topological polar surface area (TPSA) is 132 Å². The summed E-state index contributed by atoms with van der Waals surface area (Å²) < 4.78 is 56.4. The van der Waals surface area contributed by atoms with Crippen LogP contribution in [0, 0.1) is 0 Å². The van der Waals surface area contributed by atoms with Crippen LogP contribution in [-0.4, -0.2) is 52.4 Å². The van der Waals surface area contributed by atoms with E-state index in [-0.39, 0.29) is 27.4 Å². The number of ether oxygens (including phenoxy) is 1. The van der Waals surface area contributed by atoms with Crippen LogP contribution in [-0.2, 0) is 19.9 Å². The van der Waals surface area contributed by atoms with Gasteiger partial charge in [-0.25, -0.2) is 21.8 Å². The first-order valence-electron chi connectivity index (χ1n) is 9.24. The highest BCUT2D eigenvalue weighted by atomic mass is 32.2. The zero-order valence-electron chi connectivity index (χ0n) is 16.4. The van der Waals surface area contributed by atoms with Crippen molar-refractivity contribution in [3.63, 3.8) is 0 Å². The van der Waals surface area contributed by atoms with Gasteiger partial charge in [0.2, 0.25) is 0 Å². The van der Waals surface area contributed by atoms with E-state index in [1.54, 1.807) is 30.3 Å². The zero-order chi connectivity index (χ0) is 22.2. The second-order valence-corrected chi connectivity index (χ2v) is 12.0. The van der Waals surface area contributed by atoms with Crippen LogP contribution in [0.4, 0.5) is 5.13 Å². The van der Waals surface area contributed by atoms with Crippen molar-refractivity contribution in [2.45, 2.75) is 17.4 Å². The summed E-state index contributed by atoms with van der Waals surface area (Å²) in [6.45, 7) is 0. The number of aromatic nitrogens is 1. The van der Waals surface area contributed by atoms with Crippen LogP contribution in [0.2, 0.25) is 0 Å². The van der Waals surface area contributed by atoms with E-state index in [2.05, 4.69) is 15.0 Å². The fourth-order valence-electron chi connectivity index (χ4n) is 3.22. The van der Waals surface area contributed by atoms with Crippen LogP contribution in [0.1, 0.15) is 16.8 Å². The molecule has 0 spiro atoms. The number of amides is 1. The van der Waals surface area contributed by atoms with Crippen molar-refractivity contribution in [3.8, 4) is 5.75 Å².